The van der Waals surface area contributed by atoms with E-state index < -0.39 is 7.14 Å². The predicted molar refractivity (Wildman–Crippen MR) is 46.3 cm³/mol. The van der Waals surface area contributed by atoms with Gasteiger partial charge in [0.2, 0.25) is 0 Å². The Labute approximate surface area is 63.6 Å². The van der Waals surface area contributed by atoms with Crippen LogP contribution in [0.4, 0.5) is 0 Å². The molecular formula is C8H17OP. The van der Waals surface area contributed by atoms with E-state index in [4.69, 9.17) is 0 Å². The number of rotatable bonds is 0. The fourth-order valence-corrected chi connectivity index (χ4v) is 4.85. The smallest absolute Gasteiger partial charge is 0.0954 e. The van der Waals surface area contributed by atoms with Gasteiger partial charge in [0.1, 0.15) is 0 Å². The summed E-state index contributed by atoms with van der Waals surface area (Å²) in [7, 11) is -1.87. The van der Waals surface area contributed by atoms with Gasteiger partial charge in [0.15, 0.2) is 0 Å². The SMILES string of the molecule is CC1(C)CC(C)(C)P1(C)=O. The lowest BCUT2D eigenvalue weighted by Crippen LogP contribution is -2.47. The number of hydrogen-bond acceptors (Lipinski definition) is 1. The molecule has 0 bridgehead atoms. The van der Waals surface area contributed by atoms with Gasteiger partial charge < -0.3 is 4.57 Å². The molecule has 0 aromatic heterocycles. The van der Waals surface area contributed by atoms with Gasteiger partial charge in [-0.15, -0.1) is 0 Å². The molecule has 0 spiro atoms. The zero-order valence-electron chi connectivity index (χ0n) is 7.56. The van der Waals surface area contributed by atoms with Crippen molar-refractivity contribution in [3.05, 3.63) is 0 Å². The van der Waals surface area contributed by atoms with Crippen molar-refractivity contribution in [3.8, 4) is 0 Å². The molecule has 0 saturated carbocycles. The highest BCUT2D eigenvalue weighted by molar-refractivity contribution is 7.68. The van der Waals surface area contributed by atoms with Gasteiger partial charge in [0.05, 0.1) is 7.14 Å². The summed E-state index contributed by atoms with van der Waals surface area (Å²) in [4.78, 5) is 0. The van der Waals surface area contributed by atoms with Crippen LogP contribution in [0.2, 0.25) is 0 Å². The quantitative estimate of drug-likeness (QED) is 0.498. The predicted octanol–water partition coefficient (Wildman–Crippen LogP) is 2.94. The first kappa shape index (κ1) is 8.33. The van der Waals surface area contributed by atoms with Crippen LogP contribution in [0.15, 0.2) is 0 Å². The maximum Gasteiger partial charge on any atom is 0.0954 e. The summed E-state index contributed by atoms with van der Waals surface area (Å²) in [5, 5.41) is 0.215. The molecule has 0 aromatic carbocycles. The van der Waals surface area contributed by atoms with Gasteiger partial charge in [-0.1, -0.05) is 27.7 Å². The maximum absolute atomic E-state index is 12.0. The summed E-state index contributed by atoms with van der Waals surface area (Å²) < 4.78 is 12.0. The van der Waals surface area contributed by atoms with Crippen molar-refractivity contribution >= 4 is 7.14 Å². The second-order valence-corrected chi connectivity index (χ2v) is 9.00. The minimum absolute atomic E-state index is 0.108. The molecule has 0 atom stereocenters. The van der Waals surface area contributed by atoms with E-state index >= 15 is 0 Å². The zero-order valence-corrected chi connectivity index (χ0v) is 8.46. The van der Waals surface area contributed by atoms with Crippen LogP contribution in [-0.4, -0.2) is 17.0 Å². The van der Waals surface area contributed by atoms with E-state index in [0.717, 1.165) is 6.42 Å². The summed E-state index contributed by atoms with van der Waals surface area (Å²) in [5.41, 5.74) is 0. The Bertz CT molecular complexity index is 185. The molecule has 10 heavy (non-hydrogen) atoms. The van der Waals surface area contributed by atoms with Crippen LogP contribution in [0.1, 0.15) is 34.1 Å². The van der Waals surface area contributed by atoms with E-state index in [1.54, 1.807) is 0 Å². The zero-order chi connectivity index (χ0) is 8.21. The minimum Gasteiger partial charge on any atom is -0.323 e. The minimum atomic E-state index is -1.87. The molecule has 0 N–H and O–H groups in total. The molecule has 1 nitrogen and oxygen atoms in total. The lowest BCUT2D eigenvalue weighted by atomic mass is 9.96. The van der Waals surface area contributed by atoms with Gasteiger partial charge in [0.25, 0.3) is 0 Å². The van der Waals surface area contributed by atoms with Gasteiger partial charge in [-0.2, -0.15) is 0 Å². The van der Waals surface area contributed by atoms with Crippen molar-refractivity contribution in [1.29, 1.82) is 0 Å². The Morgan fingerprint density at radius 3 is 1.40 bits per heavy atom. The van der Waals surface area contributed by atoms with Crippen LogP contribution < -0.4 is 0 Å². The summed E-state index contributed by atoms with van der Waals surface area (Å²) in [6, 6.07) is 0. The first-order chi connectivity index (χ1) is 4.21. The molecule has 60 valence electrons. The van der Waals surface area contributed by atoms with Crippen LogP contribution in [0.25, 0.3) is 0 Å². The van der Waals surface area contributed by atoms with Gasteiger partial charge in [-0.05, 0) is 13.1 Å². The Kier molecular flexibility index (Phi) is 1.41. The normalized spacial score (nSPS) is 32.9. The van der Waals surface area contributed by atoms with Crippen molar-refractivity contribution in [2.24, 2.45) is 0 Å². The Morgan fingerprint density at radius 2 is 1.40 bits per heavy atom. The summed E-state index contributed by atoms with van der Waals surface area (Å²) in [6.07, 6.45) is 1.10. The monoisotopic (exact) mass is 160 g/mol. The third-order valence-electron chi connectivity index (χ3n) is 3.18. The fourth-order valence-electron chi connectivity index (χ4n) is 2.09. The molecule has 0 amide bonds. The first-order valence-corrected chi connectivity index (χ1v) is 5.94. The lowest BCUT2D eigenvalue weighted by Gasteiger charge is -2.55. The van der Waals surface area contributed by atoms with Crippen LogP contribution in [0, 0.1) is 0 Å². The second-order valence-electron chi connectivity index (χ2n) is 4.73. The second kappa shape index (κ2) is 1.69. The Hall–Kier alpha value is 0.230. The van der Waals surface area contributed by atoms with E-state index in [9.17, 15) is 4.57 Å². The third kappa shape index (κ3) is 0.733. The van der Waals surface area contributed by atoms with Crippen LogP contribution in [-0.2, 0) is 4.57 Å². The van der Waals surface area contributed by atoms with E-state index in [-0.39, 0.29) is 10.3 Å². The number of hydrogen-bond donors (Lipinski definition) is 0. The molecule has 0 unspecified atom stereocenters. The lowest BCUT2D eigenvalue weighted by molar-refractivity contribution is 0.389. The summed E-state index contributed by atoms with van der Waals surface area (Å²) in [5.74, 6) is 0. The molecule has 0 aromatic rings. The van der Waals surface area contributed by atoms with Gasteiger partial charge in [0, 0.05) is 10.3 Å². The highest BCUT2D eigenvalue weighted by Gasteiger charge is 2.59. The van der Waals surface area contributed by atoms with Crippen LogP contribution >= 0.6 is 7.14 Å². The highest BCUT2D eigenvalue weighted by Crippen LogP contribution is 2.77. The molecule has 1 saturated heterocycles. The highest BCUT2D eigenvalue weighted by atomic mass is 31.2. The molecule has 1 heterocycles. The molecule has 2 heteroatoms. The largest absolute Gasteiger partial charge is 0.323 e. The molecular weight excluding hydrogens is 143 g/mol. The van der Waals surface area contributed by atoms with Crippen LogP contribution in [0.3, 0.4) is 0 Å². The Balaban J connectivity index is 2.97. The molecule has 1 aliphatic heterocycles. The third-order valence-corrected chi connectivity index (χ3v) is 8.11. The summed E-state index contributed by atoms with van der Waals surface area (Å²) in [6.45, 7) is 10.4. The van der Waals surface area contributed by atoms with Gasteiger partial charge >= 0.3 is 0 Å². The first-order valence-electron chi connectivity index (χ1n) is 3.78. The average Bonchev–Trinajstić information content (AvgIpc) is 1.61. The van der Waals surface area contributed by atoms with Crippen molar-refractivity contribution in [2.75, 3.05) is 6.66 Å². The van der Waals surface area contributed by atoms with Crippen molar-refractivity contribution in [2.45, 2.75) is 44.4 Å². The van der Waals surface area contributed by atoms with Crippen molar-refractivity contribution in [1.82, 2.24) is 0 Å². The van der Waals surface area contributed by atoms with E-state index in [2.05, 4.69) is 27.7 Å². The van der Waals surface area contributed by atoms with Crippen molar-refractivity contribution < 1.29 is 4.57 Å². The van der Waals surface area contributed by atoms with Gasteiger partial charge in [-0.25, -0.2) is 0 Å². The maximum atomic E-state index is 12.0. The summed E-state index contributed by atoms with van der Waals surface area (Å²) >= 11 is 0. The van der Waals surface area contributed by atoms with E-state index in [1.807, 2.05) is 6.66 Å². The van der Waals surface area contributed by atoms with E-state index in [0.29, 0.717) is 0 Å². The van der Waals surface area contributed by atoms with Crippen molar-refractivity contribution in [3.63, 3.8) is 0 Å². The molecule has 0 radical (unpaired) electrons. The van der Waals surface area contributed by atoms with E-state index in [1.165, 1.54) is 0 Å². The standard InChI is InChI=1S/C8H17OP/c1-7(2)6-8(3,4)10(7,5)9/h6H2,1-5H3. The molecule has 0 aliphatic carbocycles. The van der Waals surface area contributed by atoms with Gasteiger partial charge in [-0.3, -0.25) is 0 Å². The topological polar surface area (TPSA) is 17.1 Å². The van der Waals surface area contributed by atoms with Crippen LogP contribution in [0.5, 0.6) is 0 Å². The molecule has 1 aliphatic rings. The fraction of sp³-hybridized carbons (Fsp3) is 1.00. The average molecular weight is 160 g/mol. The molecule has 1 fully saturated rings. The Morgan fingerprint density at radius 1 is 1.10 bits per heavy atom. The molecule has 1 rings (SSSR count).